The molecule has 1 aliphatic rings. The largest absolute Gasteiger partial charge is 0.0649 e. The molecule has 0 spiro atoms. The summed E-state index contributed by atoms with van der Waals surface area (Å²) in [6.07, 6.45) is 6.61. The summed E-state index contributed by atoms with van der Waals surface area (Å²) < 4.78 is 0. The summed E-state index contributed by atoms with van der Waals surface area (Å²) in [7, 11) is 0. The van der Waals surface area contributed by atoms with E-state index in [1.165, 1.54) is 37.7 Å². The molecule has 0 aliphatic heterocycles. The average Bonchev–Trinajstić information content (AvgIpc) is 2.46. The third-order valence-corrected chi connectivity index (χ3v) is 4.59. The average molecular weight is 230 g/mol. The van der Waals surface area contributed by atoms with E-state index in [2.05, 4.69) is 45.9 Å². The van der Waals surface area contributed by atoms with Crippen molar-refractivity contribution in [3.8, 4) is 0 Å². The Morgan fingerprint density at radius 2 is 2.00 bits per heavy atom. The third-order valence-electron chi connectivity index (χ3n) is 4.59. The second-order valence-electron chi connectivity index (χ2n) is 6.38. The van der Waals surface area contributed by atoms with Gasteiger partial charge in [0.1, 0.15) is 0 Å². The third kappa shape index (κ3) is 2.73. The highest BCUT2D eigenvalue weighted by molar-refractivity contribution is 5.35. The lowest BCUT2D eigenvalue weighted by molar-refractivity contribution is 0.282. The Kier molecular flexibility index (Phi) is 3.61. The molecule has 1 unspecified atom stereocenters. The summed E-state index contributed by atoms with van der Waals surface area (Å²) in [4.78, 5) is 0. The molecule has 0 heterocycles. The maximum absolute atomic E-state index is 2.47. The number of hydrogen-bond donors (Lipinski definition) is 0. The van der Waals surface area contributed by atoms with E-state index in [1.807, 2.05) is 0 Å². The van der Waals surface area contributed by atoms with E-state index in [0.29, 0.717) is 11.3 Å². The van der Waals surface area contributed by atoms with Crippen molar-refractivity contribution in [1.82, 2.24) is 0 Å². The Morgan fingerprint density at radius 3 is 2.65 bits per heavy atom. The van der Waals surface area contributed by atoms with Crippen LogP contribution in [0, 0.1) is 5.41 Å². The molecule has 0 saturated heterocycles. The predicted molar refractivity (Wildman–Crippen MR) is 75.6 cm³/mol. The minimum atomic E-state index is 0.529. The van der Waals surface area contributed by atoms with Gasteiger partial charge in [0.25, 0.3) is 0 Å². The smallest absolute Gasteiger partial charge is 0.0219 e. The van der Waals surface area contributed by atoms with Crippen LogP contribution in [0.4, 0.5) is 0 Å². The molecule has 0 bridgehead atoms. The predicted octanol–water partition coefficient (Wildman–Crippen LogP) is 5.11. The maximum Gasteiger partial charge on any atom is -0.0219 e. The summed E-state index contributed by atoms with van der Waals surface area (Å²) in [6, 6.07) is 7.18. The van der Waals surface area contributed by atoms with Gasteiger partial charge in [-0.1, -0.05) is 52.3 Å². The number of benzene rings is 1. The van der Waals surface area contributed by atoms with E-state index in [-0.39, 0.29) is 0 Å². The van der Waals surface area contributed by atoms with Gasteiger partial charge < -0.3 is 0 Å². The van der Waals surface area contributed by atoms with Crippen molar-refractivity contribution in [1.29, 1.82) is 0 Å². The van der Waals surface area contributed by atoms with Crippen molar-refractivity contribution in [3.63, 3.8) is 0 Å². The molecule has 2 rings (SSSR count). The summed E-state index contributed by atoms with van der Waals surface area (Å²) >= 11 is 0. The Balaban J connectivity index is 2.35. The molecule has 0 heteroatoms. The molecule has 0 saturated carbocycles. The molecule has 0 N–H and O–H groups in total. The number of hydrogen-bond acceptors (Lipinski definition) is 0. The van der Waals surface area contributed by atoms with Crippen molar-refractivity contribution in [2.24, 2.45) is 5.41 Å². The number of aryl methyl sites for hydroxylation is 1. The van der Waals surface area contributed by atoms with Gasteiger partial charge in [-0.25, -0.2) is 0 Å². The molecule has 1 aliphatic carbocycles. The SMILES string of the molecule is CCC1(C)CCCc2ccc(C(C)C)cc2C1. The van der Waals surface area contributed by atoms with E-state index < -0.39 is 0 Å². The first kappa shape index (κ1) is 12.7. The zero-order valence-electron chi connectivity index (χ0n) is 11.8. The Bertz CT molecular complexity index is 389. The lowest BCUT2D eigenvalue weighted by atomic mass is 9.78. The zero-order chi connectivity index (χ0) is 12.5. The Labute approximate surface area is 106 Å². The molecule has 94 valence electrons. The van der Waals surface area contributed by atoms with E-state index in [4.69, 9.17) is 0 Å². The normalized spacial score (nSPS) is 24.5. The van der Waals surface area contributed by atoms with Crippen LogP contribution < -0.4 is 0 Å². The highest BCUT2D eigenvalue weighted by atomic mass is 14.3. The molecule has 0 fully saturated rings. The van der Waals surface area contributed by atoms with E-state index in [1.54, 1.807) is 11.1 Å². The molecule has 0 radical (unpaired) electrons. The zero-order valence-corrected chi connectivity index (χ0v) is 11.8. The van der Waals surface area contributed by atoms with E-state index >= 15 is 0 Å². The van der Waals surface area contributed by atoms with Crippen LogP contribution in [0.3, 0.4) is 0 Å². The lowest BCUT2D eigenvalue weighted by Crippen LogP contribution is -2.17. The fourth-order valence-electron chi connectivity index (χ4n) is 2.97. The van der Waals surface area contributed by atoms with Gasteiger partial charge in [-0.2, -0.15) is 0 Å². The maximum atomic E-state index is 2.47. The first-order chi connectivity index (χ1) is 8.04. The second-order valence-corrected chi connectivity index (χ2v) is 6.38. The van der Waals surface area contributed by atoms with Gasteiger partial charge in [0, 0.05) is 0 Å². The second kappa shape index (κ2) is 4.84. The van der Waals surface area contributed by atoms with Gasteiger partial charge in [-0.3, -0.25) is 0 Å². The molecule has 0 amide bonds. The van der Waals surface area contributed by atoms with E-state index in [9.17, 15) is 0 Å². The molecular weight excluding hydrogens is 204 g/mol. The molecule has 1 aromatic rings. The van der Waals surface area contributed by atoms with E-state index in [0.717, 1.165) is 0 Å². The molecule has 1 atom stereocenters. The monoisotopic (exact) mass is 230 g/mol. The number of fused-ring (bicyclic) bond motifs is 1. The first-order valence-electron chi connectivity index (χ1n) is 7.16. The van der Waals surface area contributed by atoms with Crippen LogP contribution in [0.25, 0.3) is 0 Å². The molecule has 17 heavy (non-hydrogen) atoms. The van der Waals surface area contributed by atoms with Crippen molar-refractivity contribution >= 4 is 0 Å². The standard InChI is InChI=1S/C17H26/c1-5-17(4)10-6-7-14-8-9-15(13(2)3)11-16(14)12-17/h8-9,11,13H,5-7,10,12H2,1-4H3. The fourth-order valence-corrected chi connectivity index (χ4v) is 2.97. The van der Waals surface area contributed by atoms with Crippen molar-refractivity contribution in [2.75, 3.05) is 0 Å². The molecular formula is C17H26. The van der Waals surface area contributed by atoms with Gasteiger partial charge in [-0.05, 0) is 53.7 Å². The van der Waals surface area contributed by atoms with Crippen LogP contribution in [0.15, 0.2) is 18.2 Å². The van der Waals surface area contributed by atoms with Gasteiger partial charge in [0.15, 0.2) is 0 Å². The van der Waals surface area contributed by atoms with Crippen molar-refractivity contribution < 1.29 is 0 Å². The fraction of sp³-hybridized carbons (Fsp3) is 0.647. The molecule has 0 aromatic heterocycles. The van der Waals surface area contributed by atoms with Gasteiger partial charge in [0.2, 0.25) is 0 Å². The quantitative estimate of drug-likeness (QED) is 0.620. The van der Waals surface area contributed by atoms with Crippen molar-refractivity contribution in [3.05, 3.63) is 34.9 Å². The highest BCUT2D eigenvalue weighted by Gasteiger charge is 2.26. The van der Waals surface area contributed by atoms with Gasteiger partial charge in [-0.15, -0.1) is 0 Å². The summed E-state index contributed by atoms with van der Waals surface area (Å²) in [5.41, 5.74) is 5.26. The Hall–Kier alpha value is -0.780. The topological polar surface area (TPSA) is 0 Å². The van der Waals surface area contributed by atoms with Crippen LogP contribution in [-0.4, -0.2) is 0 Å². The van der Waals surface area contributed by atoms with Gasteiger partial charge >= 0.3 is 0 Å². The molecule has 0 nitrogen and oxygen atoms in total. The minimum absolute atomic E-state index is 0.529. The van der Waals surface area contributed by atoms with Crippen LogP contribution in [0.1, 0.15) is 69.6 Å². The van der Waals surface area contributed by atoms with Crippen LogP contribution in [0.2, 0.25) is 0 Å². The summed E-state index contributed by atoms with van der Waals surface area (Å²) in [6.45, 7) is 9.39. The van der Waals surface area contributed by atoms with Crippen LogP contribution in [-0.2, 0) is 12.8 Å². The summed E-state index contributed by atoms with van der Waals surface area (Å²) in [5.74, 6) is 0.649. The molecule has 1 aromatic carbocycles. The van der Waals surface area contributed by atoms with Crippen LogP contribution >= 0.6 is 0 Å². The minimum Gasteiger partial charge on any atom is -0.0649 e. The lowest BCUT2D eigenvalue weighted by Gasteiger charge is -2.27. The van der Waals surface area contributed by atoms with Crippen LogP contribution in [0.5, 0.6) is 0 Å². The van der Waals surface area contributed by atoms with Gasteiger partial charge in [0.05, 0.1) is 0 Å². The Morgan fingerprint density at radius 1 is 1.24 bits per heavy atom. The summed E-state index contributed by atoms with van der Waals surface area (Å²) in [5, 5.41) is 0. The first-order valence-corrected chi connectivity index (χ1v) is 7.16. The number of rotatable bonds is 2. The van der Waals surface area contributed by atoms with Crippen molar-refractivity contribution in [2.45, 2.75) is 65.7 Å². The highest BCUT2D eigenvalue weighted by Crippen LogP contribution is 2.37.